The van der Waals surface area contributed by atoms with Crippen LogP contribution in [0.25, 0.3) is 0 Å². The van der Waals surface area contributed by atoms with Gasteiger partial charge >= 0.3 is 6.03 Å². The van der Waals surface area contributed by atoms with Gasteiger partial charge in [0.1, 0.15) is 18.6 Å². The average Bonchev–Trinajstić information content (AvgIpc) is 2.57. The molecular weight excluding hydrogens is 334 g/mol. The number of fused-ring (bicyclic) bond motifs is 1. The molecule has 1 saturated heterocycles. The van der Waals surface area contributed by atoms with Crippen LogP contribution >= 0.6 is 0 Å². The number of halogens is 2. The van der Waals surface area contributed by atoms with Gasteiger partial charge in [0.25, 0.3) is 0 Å². The van der Waals surface area contributed by atoms with E-state index in [9.17, 15) is 13.6 Å². The molecule has 3 rings (SSSR count). The van der Waals surface area contributed by atoms with Crippen molar-refractivity contribution in [1.82, 2.24) is 26.7 Å². The van der Waals surface area contributed by atoms with Crippen LogP contribution in [0.3, 0.4) is 0 Å². The van der Waals surface area contributed by atoms with Crippen LogP contribution in [0.15, 0.2) is 18.2 Å². The highest BCUT2D eigenvalue weighted by Gasteiger charge is 2.35. The zero-order valence-corrected chi connectivity index (χ0v) is 13.6. The zero-order chi connectivity index (χ0) is 18.0. The van der Waals surface area contributed by atoms with Gasteiger partial charge in [-0.1, -0.05) is 6.07 Å². The van der Waals surface area contributed by atoms with Crippen LogP contribution in [0, 0.1) is 0 Å². The third-order valence-corrected chi connectivity index (χ3v) is 4.36. The number of nitrogens with one attached hydrogen (secondary N) is 6. The van der Waals surface area contributed by atoms with Crippen molar-refractivity contribution in [2.45, 2.75) is 50.9 Å². The molecule has 1 fully saturated rings. The fraction of sp³-hybridized carbons (Fsp3) is 0.533. The Balaban J connectivity index is 1.58. The van der Waals surface area contributed by atoms with E-state index in [1.54, 1.807) is 19.1 Å². The summed E-state index contributed by atoms with van der Waals surface area (Å²) in [5, 5.41) is 22.5. The van der Waals surface area contributed by atoms with Crippen LogP contribution in [-0.4, -0.2) is 42.2 Å². The largest absolute Gasteiger partial charge is 0.321 e. The van der Waals surface area contributed by atoms with Crippen LogP contribution in [0.2, 0.25) is 0 Å². The first-order chi connectivity index (χ1) is 12.0. The topological polar surface area (TPSA) is 109 Å². The molecule has 8 nitrogen and oxygen atoms in total. The molecule has 7 N–H and O–H groups in total. The van der Waals surface area contributed by atoms with E-state index in [0.717, 1.165) is 11.1 Å². The van der Waals surface area contributed by atoms with Crippen LogP contribution in [0.5, 0.6) is 0 Å². The lowest BCUT2D eigenvalue weighted by Crippen LogP contribution is -2.72. The minimum atomic E-state index is -1.37. The molecule has 2 heterocycles. The third kappa shape index (κ3) is 4.22. The Bertz CT molecular complexity index is 634. The van der Waals surface area contributed by atoms with Crippen molar-refractivity contribution in [3.63, 3.8) is 0 Å². The lowest BCUT2D eigenvalue weighted by atomic mass is 10.00. The minimum absolute atomic E-state index is 0.247. The van der Waals surface area contributed by atoms with Gasteiger partial charge in [-0.05, 0) is 30.2 Å². The van der Waals surface area contributed by atoms with Crippen LogP contribution in [-0.2, 0) is 13.0 Å². The molecule has 10 heteroatoms. The van der Waals surface area contributed by atoms with Gasteiger partial charge in [-0.3, -0.25) is 16.0 Å². The summed E-state index contributed by atoms with van der Waals surface area (Å²) in [4.78, 5) is 12.1. The van der Waals surface area contributed by atoms with E-state index < -0.39 is 37.0 Å². The molecular formula is C15H22F2N6O2. The molecule has 1 aromatic carbocycles. The number of hydroxylamine groups is 1. The van der Waals surface area contributed by atoms with Gasteiger partial charge in [0.15, 0.2) is 6.30 Å². The smallest absolute Gasteiger partial charge is 0.315 e. The second kappa shape index (κ2) is 7.58. The average molecular weight is 356 g/mol. The number of rotatable bonds is 3. The maximum atomic E-state index is 13.8. The van der Waals surface area contributed by atoms with Gasteiger partial charge in [0.2, 0.25) is 0 Å². The van der Waals surface area contributed by atoms with Gasteiger partial charge in [-0.25, -0.2) is 13.6 Å². The van der Waals surface area contributed by atoms with Gasteiger partial charge in [0, 0.05) is 24.7 Å². The summed E-state index contributed by atoms with van der Waals surface area (Å²) in [6.07, 6.45) is -3.94. The molecule has 0 saturated carbocycles. The Kier molecular flexibility index (Phi) is 5.45. The number of amides is 2. The highest BCUT2D eigenvalue weighted by Crippen LogP contribution is 2.21. The Morgan fingerprint density at radius 1 is 1.28 bits per heavy atom. The zero-order valence-electron chi connectivity index (χ0n) is 13.6. The Morgan fingerprint density at radius 2 is 2.08 bits per heavy atom. The number of carbonyl (C=O) groups excluding carboxylic acids is 1. The molecule has 0 bridgehead atoms. The summed E-state index contributed by atoms with van der Waals surface area (Å²) in [7, 11) is 0. The quantitative estimate of drug-likeness (QED) is 0.309. The number of hydrogen-bond acceptors (Lipinski definition) is 6. The summed E-state index contributed by atoms with van der Waals surface area (Å²) >= 11 is 0. The van der Waals surface area contributed by atoms with Crippen LogP contribution < -0.4 is 32.1 Å². The van der Waals surface area contributed by atoms with E-state index >= 15 is 0 Å². The number of alkyl halides is 2. The highest BCUT2D eigenvalue weighted by molar-refractivity contribution is 5.89. The van der Waals surface area contributed by atoms with Gasteiger partial charge < -0.3 is 15.8 Å². The molecule has 1 aromatic rings. The molecule has 5 unspecified atom stereocenters. The summed E-state index contributed by atoms with van der Waals surface area (Å²) in [6, 6.07) is 4.22. The van der Waals surface area contributed by atoms with Crippen molar-refractivity contribution in [3.05, 3.63) is 29.3 Å². The van der Waals surface area contributed by atoms with Gasteiger partial charge in [-0.15, -0.1) is 0 Å². The van der Waals surface area contributed by atoms with E-state index in [1.165, 1.54) is 0 Å². The molecule has 138 valence electrons. The summed E-state index contributed by atoms with van der Waals surface area (Å²) in [5.74, 6) is 0. The predicted octanol–water partition coefficient (Wildman–Crippen LogP) is 0.257. The Hall–Kier alpha value is -1.85. The molecule has 5 atom stereocenters. The Morgan fingerprint density at radius 3 is 2.84 bits per heavy atom. The van der Waals surface area contributed by atoms with Gasteiger partial charge in [0.05, 0.1) is 0 Å². The standard InChI is InChI=1S/C15H22F2N6O2/c1-7-12(17)13(23-25)21-14(19-7)22-15(24)20-10-3-2-8-6-18-11(16)5-9(8)4-10/h2-4,7,11-14,18-19,21,23,25H,5-6H2,1H3,(H2,20,22,24). The van der Waals surface area contributed by atoms with Crippen molar-refractivity contribution in [1.29, 1.82) is 0 Å². The first-order valence-corrected chi connectivity index (χ1v) is 8.09. The fourth-order valence-corrected chi connectivity index (χ4v) is 3.01. The summed E-state index contributed by atoms with van der Waals surface area (Å²) in [6.45, 7) is 2.06. The molecule has 2 aliphatic rings. The minimum Gasteiger partial charge on any atom is -0.315 e. The maximum absolute atomic E-state index is 13.8. The summed E-state index contributed by atoms with van der Waals surface area (Å²) in [5.41, 5.74) is 4.21. The van der Waals surface area contributed by atoms with Crippen molar-refractivity contribution in [2.24, 2.45) is 0 Å². The monoisotopic (exact) mass is 356 g/mol. The normalized spacial score (nSPS) is 31.9. The molecule has 25 heavy (non-hydrogen) atoms. The molecule has 0 aliphatic carbocycles. The number of anilines is 1. The first-order valence-electron chi connectivity index (χ1n) is 8.09. The maximum Gasteiger partial charge on any atom is 0.321 e. The number of urea groups is 1. The van der Waals surface area contributed by atoms with Gasteiger partial charge in [-0.2, -0.15) is 5.48 Å². The first kappa shape index (κ1) is 18.0. The van der Waals surface area contributed by atoms with E-state index in [-0.39, 0.29) is 6.42 Å². The van der Waals surface area contributed by atoms with Crippen molar-refractivity contribution in [2.75, 3.05) is 5.32 Å². The molecule has 2 aliphatic heterocycles. The van der Waals surface area contributed by atoms with Crippen molar-refractivity contribution >= 4 is 11.7 Å². The van der Waals surface area contributed by atoms with Crippen LogP contribution in [0.1, 0.15) is 18.1 Å². The van der Waals surface area contributed by atoms with E-state index in [4.69, 9.17) is 5.21 Å². The van der Waals surface area contributed by atoms with E-state index in [0.29, 0.717) is 12.2 Å². The summed E-state index contributed by atoms with van der Waals surface area (Å²) < 4.78 is 27.2. The second-order valence-electron chi connectivity index (χ2n) is 6.24. The SMILES string of the molecule is CC1NC(NC(=O)Nc2ccc3c(c2)CC(F)NC3)NC(NO)C1F. The predicted molar refractivity (Wildman–Crippen MR) is 87.2 cm³/mol. The van der Waals surface area contributed by atoms with E-state index in [1.807, 2.05) is 11.5 Å². The highest BCUT2D eigenvalue weighted by atomic mass is 19.1. The number of hydrogen-bond donors (Lipinski definition) is 7. The number of carbonyl (C=O) groups is 1. The third-order valence-electron chi connectivity index (χ3n) is 4.36. The lowest BCUT2D eigenvalue weighted by molar-refractivity contribution is 0.0119. The Labute approximate surface area is 143 Å². The molecule has 0 aromatic heterocycles. The fourth-order valence-electron chi connectivity index (χ4n) is 3.01. The lowest BCUT2D eigenvalue weighted by Gasteiger charge is -2.38. The molecule has 0 radical (unpaired) electrons. The number of benzene rings is 1. The molecule has 0 spiro atoms. The molecule has 2 amide bonds. The van der Waals surface area contributed by atoms with Crippen molar-refractivity contribution in [3.8, 4) is 0 Å². The van der Waals surface area contributed by atoms with Crippen LogP contribution in [0.4, 0.5) is 19.3 Å². The second-order valence-corrected chi connectivity index (χ2v) is 6.24. The van der Waals surface area contributed by atoms with E-state index in [2.05, 4.69) is 26.6 Å². The van der Waals surface area contributed by atoms with Crippen molar-refractivity contribution < 1.29 is 18.8 Å².